The normalized spacial score (nSPS) is 20.1. The van der Waals surface area contributed by atoms with Gasteiger partial charge in [-0.15, -0.1) is 0 Å². The Bertz CT molecular complexity index is 654. The maximum absolute atomic E-state index is 12.3. The van der Waals surface area contributed by atoms with E-state index >= 15 is 0 Å². The summed E-state index contributed by atoms with van der Waals surface area (Å²) in [6.45, 7) is 2.53. The maximum Gasteiger partial charge on any atom is 0.182 e. The number of carbonyl (C=O) groups excluding carboxylic acids is 1. The highest BCUT2D eigenvalue weighted by Gasteiger charge is 2.36. The van der Waals surface area contributed by atoms with Crippen LogP contribution in [0.5, 0.6) is 5.75 Å². The molecule has 0 amide bonds. The summed E-state index contributed by atoms with van der Waals surface area (Å²) in [7, 11) is -1.87. The summed E-state index contributed by atoms with van der Waals surface area (Å²) in [5.41, 5.74) is 0.240. The molecule has 0 N–H and O–H groups in total. The lowest BCUT2D eigenvalue weighted by Gasteiger charge is -2.22. The molecule has 1 aromatic rings. The summed E-state index contributed by atoms with van der Waals surface area (Å²) in [6.07, 6.45) is 0.720. The molecule has 1 heterocycles. The summed E-state index contributed by atoms with van der Waals surface area (Å²) in [6, 6.07) is 2.97. The topological polar surface area (TPSA) is 69.7 Å². The van der Waals surface area contributed by atoms with Gasteiger partial charge in [0, 0.05) is 38.2 Å². The first-order valence-corrected chi connectivity index (χ1v) is 8.94. The fourth-order valence-corrected chi connectivity index (χ4v) is 4.19. The van der Waals surface area contributed by atoms with Crippen molar-refractivity contribution in [3.8, 4) is 5.75 Å². The Kier molecular flexibility index (Phi) is 5.06. The molecular weight excluding hydrogens is 360 g/mol. The zero-order valence-electron chi connectivity index (χ0n) is 11.9. The molecule has 116 valence electrons. The van der Waals surface area contributed by atoms with Crippen molar-refractivity contribution in [1.29, 1.82) is 0 Å². The second-order valence-electron chi connectivity index (χ2n) is 4.96. The van der Waals surface area contributed by atoms with E-state index in [2.05, 4.69) is 15.9 Å². The number of methoxy groups -OCH3 is 1. The van der Waals surface area contributed by atoms with Gasteiger partial charge >= 0.3 is 0 Å². The SMILES string of the molecule is COCCCOc1cc2c(cc1Br)C(=O)CC(C)S2(=O)=O. The third-order valence-electron chi connectivity index (χ3n) is 3.39. The van der Waals surface area contributed by atoms with Crippen LogP contribution < -0.4 is 4.74 Å². The van der Waals surface area contributed by atoms with Gasteiger partial charge in [-0.05, 0) is 28.9 Å². The molecule has 1 aliphatic rings. The Labute approximate surface area is 132 Å². The predicted octanol–water partition coefficient (Wildman–Crippen LogP) is 2.61. The van der Waals surface area contributed by atoms with E-state index in [9.17, 15) is 13.2 Å². The molecule has 0 aliphatic carbocycles. The van der Waals surface area contributed by atoms with Crippen molar-refractivity contribution in [1.82, 2.24) is 0 Å². The molecular formula is C14H17BrO5S. The number of halogens is 1. The van der Waals surface area contributed by atoms with Crippen LogP contribution in [0.15, 0.2) is 21.5 Å². The summed E-state index contributed by atoms with van der Waals surface area (Å²) in [5, 5.41) is -0.694. The zero-order chi connectivity index (χ0) is 15.6. The third-order valence-corrected chi connectivity index (χ3v) is 6.19. The average molecular weight is 377 g/mol. The largest absolute Gasteiger partial charge is 0.492 e. The van der Waals surface area contributed by atoms with Crippen LogP contribution in [0.3, 0.4) is 0 Å². The second kappa shape index (κ2) is 6.46. The minimum Gasteiger partial charge on any atom is -0.492 e. The van der Waals surface area contributed by atoms with Crippen molar-refractivity contribution >= 4 is 31.6 Å². The van der Waals surface area contributed by atoms with Crippen LogP contribution >= 0.6 is 15.9 Å². The van der Waals surface area contributed by atoms with Crippen LogP contribution in [-0.4, -0.2) is 39.8 Å². The van der Waals surface area contributed by atoms with Crippen LogP contribution in [0.4, 0.5) is 0 Å². The summed E-state index contributed by atoms with van der Waals surface area (Å²) in [5.74, 6) is 0.272. The average Bonchev–Trinajstić information content (AvgIpc) is 2.42. The highest BCUT2D eigenvalue weighted by atomic mass is 79.9. The molecule has 0 saturated heterocycles. The quantitative estimate of drug-likeness (QED) is 0.738. The van der Waals surface area contributed by atoms with Crippen LogP contribution in [-0.2, 0) is 14.6 Å². The van der Waals surface area contributed by atoms with Gasteiger partial charge in [0.05, 0.1) is 21.2 Å². The van der Waals surface area contributed by atoms with E-state index in [0.29, 0.717) is 29.9 Å². The Hall–Kier alpha value is -0.920. The minimum atomic E-state index is -3.47. The molecule has 0 saturated carbocycles. The summed E-state index contributed by atoms with van der Waals surface area (Å²) >= 11 is 3.32. The Balaban J connectivity index is 2.35. The molecule has 1 aliphatic heterocycles. The molecule has 1 unspecified atom stereocenters. The summed E-state index contributed by atoms with van der Waals surface area (Å²) < 4.78 is 35.8. The van der Waals surface area contributed by atoms with E-state index in [1.807, 2.05) is 0 Å². The van der Waals surface area contributed by atoms with Gasteiger partial charge in [-0.3, -0.25) is 4.79 Å². The number of ketones is 1. The molecule has 0 radical (unpaired) electrons. The van der Waals surface area contributed by atoms with E-state index in [1.165, 1.54) is 12.1 Å². The molecule has 0 aromatic heterocycles. The Morgan fingerprint density at radius 2 is 2.05 bits per heavy atom. The van der Waals surface area contributed by atoms with Crippen molar-refractivity contribution in [2.24, 2.45) is 0 Å². The van der Waals surface area contributed by atoms with Gasteiger partial charge in [-0.1, -0.05) is 0 Å². The van der Waals surface area contributed by atoms with Gasteiger partial charge < -0.3 is 9.47 Å². The maximum atomic E-state index is 12.3. The molecule has 7 heteroatoms. The highest BCUT2D eigenvalue weighted by Crippen LogP contribution is 2.37. The van der Waals surface area contributed by atoms with Gasteiger partial charge in [-0.2, -0.15) is 0 Å². The van der Waals surface area contributed by atoms with Gasteiger partial charge in [-0.25, -0.2) is 8.42 Å². The van der Waals surface area contributed by atoms with Crippen LogP contribution in [0.1, 0.15) is 30.1 Å². The minimum absolute atomic E-state index is 0.0236. The lowest BCUT2D eigenvalue weighted by atomic mass is 10.1. The molecule has 5 nitrogen and oxygen atoms in total. The van der Waals surface area contributed by atoms with E-state index in [4.69, 9.17) is 9.47 Å². The first kappa shape index (κ1) is 16.5. The zero-order valence-corrected chi connectivity index (χ0v) is 14.3. The summed E-state index contributed by atoms with van der Waals surface area (Å²) in [4.78, 5) is 12.1. The first-order chi connectivity index (χ1) is 9.87. The number of hydrogen-bond donors (Lipinski definition) is 0. The number of hydrogen-bond acceptors (Lipinski definition) is 5. The molecule has 0 bridgehead atoms. The van der Waals surface area contributed by atoms with Gasteiger partial charge in [0.1, 0.15) is 5.75 Å². The van der Waals surface area contributed by atoms with Gasteiger partial charge in [0.15, 0.2) is 15.6 Å². The second-order valence-corrected chi connectivity index (χ2v) is 8.15. The monoisotopic (exact) mass is 376 g/mol. The van der Waals surface area contributed by atoms with Gasteiger partial charge in [0.25, 0.3) is 0 Å². The lowest BCUT2D eigenvalue weighted by molar-refractivity contribution is 0.0975. The smallest absolute Gasteiger partial charge is 0.182 e. The Morgan fingerprint density at radius 1 is 1.33 bits per heavy atom. The van der Waals surface area contributed by atoms with E-state index in [-0.39, 0.29) is 22.7 Å². The third kappa shape index (κ3) is 3.30. The lowest BCUT2D eigenvalue weighted by Crippen LogP contribution is -2.29. The number of Topliss-reactive ketones (excluding diaryl/α,β-unsaturated/α-hetero) is 1. The number of carbonyl (C=O) groups is 1. The standard InChI is InChI=1S/C14H17BrO5S/c1-9-6-12(16)10-7-11(15)13(20-5-3-4-19-2)8-14(10)21(9,17)18/h7-9H,3-6H2,1-2H3. The molecule has 2 rings (SSSR count). The van der Waals surface area contributed by atoms with Gasteiger partial charge in [0.2, 0.25) is 0 Å². The van der Waals surface area contributed by atoms with Crippen molar-refractivity contribution in [3.05, 3.63) is 22.2 Å². The molecule has 1 atom stereocenters. The fraction of sp³-hybridized carbons (Fsp3) is 0.500. The van der Waals surface area contributed by atoms with Crippen LogP contribution in [0, 0.1) is 0 Å². The first-order valence-electron chi connectivity index (χ1n) is 6.60. The Morgan fingerprint density at radius 3 is 2.71 bits per heavy atom. The number of rotatable bonds is 5. The van der Waals surface area contributed by atoms with E-state index in [0.717, 1.165) is 0 Å². The highest BCUT2D eigenvalue weighted by molar-refractivity contribution is 9.10. The molecule has 0 fully saturated rings. The van der Waals surface area contributed by atoms with Crippen LogP contribution in [0.25, 0.3) is 0 Å². The molecule has 21 heavy (non-hydrogen) atoms. The fourth-order valence-electron chi connectivity index (χ4n) is 2.18. The van der Waals surface area contributed by atoms with E-state index in [1.54, 1.807) is 14.0 Å². The number of fused-ring (bicyclic) bond motifs is 1. The van der Waals surface area contributed by atoms with E-state index < -0.39 is 15.1 Å². The predicted molar refractivity (Wildman–Crippen MR) is 81.7 cm³/mol. The van der Waals surface area contributed by atoms with Crippen molar-refractivity contribution in [2.75, 3.05) is 20.3 Å². The van der Waals surface area contributed by atoms with Crippen LogP contribution in [0.2, 0.25) is 0 Å². The number of sulfone groups is 1. The van der Waals surface area contributed by atoms with Crippen molar-refractivity contribution in [3.63, 3.8) is 0 Å². The molecule has 0 spiro atoms. The van der Waals surface area contributed by atoms with Crippen molar-refractivity contribution in [2.45, 2.75) is 29.9 Å². The molecule has 1 aromatic carbocycles. The number of benzene rings is 1. The van der Waals surface area contributed by atoms with Crippen molar-refractivity contribution < 1.29 is 22.7 Å². The number of ether oxygens (including phenoxy) is 2.